The van der Waals surface area contributed by atoms with Crippen molar-refractivity contribution in [2.45, 2.75) is 19.8 Å². The van der Waals surface area contributed by atoms with Crippen molar-refractivity contribution in [2.24, 2.45) is 0 Å². The SMILES string of the molecule is Cc1cccc(ON(C)CCCc2ccccc2)c1.Cl. The first-order valence-corrected chi connectivity index (χ1v) is 6.74. The van der Waals surface area contributed by atoms with E-state index >= 15 is 0 Å². The minimum atomic E-state index is 0. The molecule has 2 nitrogen and oxygen atoms in total. The van der Waals surface area contributed by atoms with Crippen molar-refractivity contribution in [3.63, 3.8) is 0 Å². The van der Waals surface area contributed by atoms with E-state index in [0.717, 1.165) is 25.1 Å². The van der Waals surface area contributed by atoms with Gasteiger partial charge in [-0.2, -0.15) is 0 Å². The van der Waals surface area contributed by atoms with Gasteiger partial charge in [-0.05, 0) is 43.0 Å². The summed E-state index contributed by atoms with van der Waals surface area (Å²) in [6, 6.07) is 18.7. The van der Waals surface area contributed by atoms with Crippen LogP contribution in [0, 0.1) is 6.92 Å². The first-order chi connectivity index (χ1) is 9.24. The number of benzene rings is 2. The van der Waals surface area contributed by atoms with E-state index in [0.29, 0.717) is 0 Å². The maximum absolute atomic E-state index is 5.77. The fourth-order valence-electron chi connectivity index (χ4n) is 2.05. The van der Waals surface area contributed by atoms with Crippen LogP contribution in [0.5, 0.6) is 5.75 Å². The van der Waals surface area contributed by atoms with Crippen LogP contribution in [-0.4, -0.2) is 18.7 Å². The number of nitrogens with zero attached hydrogens (tertiary/aromatic N) is 1. The van der Waals surface area contributed by atoms with Gasteiger partial charge < -0.3 is 4.84 Å². The Morgan fingerprint density at radius 3 is 2.45 bits per heavy atom. The summed E-state index contributed by atoms with van der Waals surface area (Å²) in [6.45, 7) is 2.99. The molecule has 20 heavy (non-hydrogen) atoms. The number of hydrogen-bond acceptors (Lipinski definition) is 2. The van der Waals surface area contributed by atoms with Crippen LogP contribution in [0.2, 0.25) is 0 Å². The van der Waals surface area contributed by atoms with Gasteiger partial charge in [0.15, 0.2) is 0 Å². The van der Waals surface area contributed by atoms with E-state index in [9.17, 15) is 0 Å². The van der Waals surface area contributed by atoms with E-state index in [4.69, 9.17) is 4.84 Å². The molecule has 0 atom stereocenters. The fourth-order valence-corrected chi connectivity index (χ4v) is 2.05. The minimum Gasteiger partial charge on any atom is -0.406 e. The Morgan fingerprint density at radius 2 is 1.75 bits per heavy atom. The lowest BCUT2D eigenvalue weighted by molar-refractivity contribution is -0.0322. The highest BCUT2D eigenvalue weighted by atomic mass is 35.5. The Kier molecular flexibility index (Phi) is 7.13. The lowest BCUT2D eigenvalue weighted by Crippen LogP contribution is -2.24. The smallest absolute Gasteiger partial charge is 0.147 e. The number of hydrogen-bond donors (Lipinski definition) is 0. The molecule has 0 heterocycles. The molecule has 108 valence electrons. The van der Waals surface area contributed by atoms with E-state index in [1.54, 1.807) is 0 Å². The highest BCUT2D eigenvalue weighted by Gasteiger charge is 2.01. The molecule has 0 fully saturated rings. The first kappa shape index (κ1) is 16.5. The molecule has 0 N–H and O–H groups in total. The molecule has 0 saturated heterocycles. The van der Waals surface area contributed by atoms with Crippen LogP contribution < -0.4 is 4.84 Å². The maximum atomic E-state index is 5.77. The van der Waals surface area contributed by atoms with Crippen LogP contribution in [-0.2, 0) is 6.42 Å². The van der Waals surface area contributed by atoms with Gasteiger partial charge in [-0.1, -0.05) is 42.5 Å². The third-order valence-corrected chi connectivity index (χ3v) is 3.03. The zero-order valence-electron chi connectivity index (χ0n) is 12.1. The summed E-state index contributed by atoms with van der Waals surface area (Å²) in [7, 11) is 1.98. The van der Waals surface area contributed by atoms with Crippen LogP contribution >= 0.6 is 12.4 Å². The Balaban J connectivity index is 0.00000200. The van der Waals surface area contributed by atoms with Crippen molar-refractivity contribution < 1.29 is 4.84 Å². The molecule has 2 rings (SSSR count). The van der Waals surface area contributed by atoms with Crippen molar-refractivity contribution in [3.05, 3.63) is 65.7 Å². The van der Waals surface area contributed by atoms with Crippen LogP contribution in [0.25, 0.3) is 0 Å². The topological polar surface area (TPSA) is 12.5 Å². The molecule has 0 amide bonds. The van der Waals surface area contributed by atoms with Gasteiger partial charge in [0, 0.05) is 13.6 Å². The maximum Gasteiger partial charge on any atom is 0.147 e. The van der Waals surface area contributed by atoms with Gasteiger partial charge in [-0.25, -0.2) is 0 Å². The zero-order chi connectivity index (χ0) is 13.5. The number of rotatable bonds is 6. The molecule has 0 bridgehead atoms. The normalized spacial score (nSPS) is 10.2. The van der Waals surface area contributed by atoms with E-state index in [2.05, 4.69) is 43.3 Å². The van der Waals surface area contributed by atoms with Gasteiger partial charge in [-0.15, -0.1) is 17.5 Å². The second kappa shape index (κ2) is 8.62. The van der Waals surface area contributed by atoms with Gasteiger partial charge in [-0.3, -0.25) is 0 Å². The van der Waals surface area contributed by atoms with Crippen LogP contribution in [0.15, 0.2) is 54.6 Å². The highest BCUT2D eigenvalue weighted by Crippen LogP contribution is 2.13. The van der Waals surface area contributed by atoms with E-state index in [1.165, 1.54) is 11.1 Å². The van der Waals surface area contributed by atoms with Gasteiger partial charge in [0.1, 0.15) is 5.75 Å². The molecule has 0 saturated carbocycles. The summed E-state index contributed by atoms with van der Waals surface area (Å²) >= 11 is 0. The Labute approximate surface area is 127 Å². The summed E-state index contributed by atoms with van der Waals surface area (Å²) in [4.78, 5) is 5.77. The molecule has 2 aromatic rings. The molecule has 0 spiro atoms. The van der Waals surface area contributed by atoms with Gasteiger partial charge in [0.25, 0.3) is 0 Å². The van der Waals surface area contributed by atoms with E-state index in [-0.39, 0.29) is 12.4 Å². The largest absolute Gasteiger partial charge is 0.406 e. The van der Waals surface area contributed by atoms with E-state index in [1.807, 2.05) is 30.3 Å². The monoisotopic (exact) mass is 291 g/mol. The van der Waals surface area contributed by atoms with Crippen LogP contribution in [0.3, 0.4) is 0 Å². The average molecular weight is 292 g/mol. The number of hydroxylamine groups is 2. The van der Waals surface area contributed by atoms with Crippen LogP contribution in [0.1, 0.15) is 17.5 Å². The molecular formula is C17H22ClNO. The third-order valence-electron chi connectivity index (χ3n) is 3.03. The molecule has 0 aliphatic heterocycles. The molecule has 0 radical (unpaired) electrons. The van der Waals surface area contributed by atoms with Crippen molar-refractivity contribution in [2.75, 3.05) is 13.6 Å². The molecular weight excluding hydrogens is 270 g/mol. The Morgan fingerprint density at radius 1 is 1.00 bits per heavy atom. The zero-order valence-corrected chi connectivity index (χ0v) is 12.9. The summed E-state index contributed by atoms with van der Waals surface area (Å²) in [6.07, 6.45) is 2.18. The highest BCUT2D eigenvalue weighted by molar-refractivity contribution is 5.85. The Hall–Kier alpha value is -1.51. The fraction of sp³-hybridized carbons (Fsp3) is 0.294. The standard InChI is InChI=1S/C17H21NO.ClH/c1-15-8-6-12-17(14-15)19-18(2)13-7-11-16-9-4-3-5-10-16;/h3-6,8-10,12,14H,7,11,13H2,1-2H3;1H. The summed E-state index contributed by atoms with van der Waals surface area (Å²) in [5.74, 6) is 0.905. The Bertz CT molecular complexity index is 501. The van der Waals surface area contributed by atoms with Gasteiger partial charge in [0.2, 0.25) is 0 Å². The molecule has 0 aliphatic carbocycles. The number of aryl methyl sites for hydroxylation is 2. The molecule has 0 aliphatic rings. The third kappa shape index (κ3) is 5.64. The second-order valence-electron chi connectivity index (χ2n) is 4.85. The predicted molar refractivity (Wildman–Crippen MR) is 86.4 cm³/mol. The summed E-state index contributed by atoms with van der Waals surface area (Å²) < 4.78 is 0. The van der Waals surface area contributed by atoms with E-state index < -0.39 is 0 Å². The lowest BCUT2D eigenvalue weighted by Gasteiger charge is -2.17. The van der Waals surface area contributed by atoms with Gasteiger partial charge in [0.05, 0.1) is 0 Å². The van der Waals surface area contributed by atoms with Crippen molar-refractivity contribution in [3.8, 4) is 5.75 Å². The van der Waals surface area contributed by atoms with Crippen molar-refractivity contribution >= 4 is 12.4 Å². The predicted octanol–water partition coefficient (Wildman–Crippen LogP) is 4.28. The number of halogens is 1. The van der Waals surface area contributed by atoms with Gasteiger partial charge >= 0.3 is 0 Å². The first-order valence-electron chi connectivity index (χ1n) is 6.74. The summed E-state index contributed by atoms with van der Waals surface area (Å²) in [5, 5.41) is 1.90. The molecule has 0 unspecified atom stereocenters. The minimum absolute atomic E-state index is 0. The second-order valence-corrected chi connectivity index (χ2v) is 4.85. The van der Waals surface area contributed by atoms with Crippen molar-refractivity contribution in [1.29, 1.82) is 0 Å². The summed E-state index contributed by atoms with van der Waals surface area (Å²) in [5.41, 5.74) is 2.60. The molecule has 3 heteroatoms. The molecule has 0 aromatic heterocycles. The molecule has 2 aromatic carbocycles. The van der Waals surface area contributed by atoms with Crippen molar-refractivity contribution in [1.82, 2.24) is 5.06 Å². The average Bonchev–Trinajstić information content (AvgIpc) is 2.40. The van der Waals surface area contributed by atoms with Crippen LogP contribution in [0.4, 0.5) is 0 Å². The quantitative estimate of drug-likeness (QED) is 0.737. The lowest BCUT2D eigenvalue weighted by atomic mass is 10.1.